The molecule has 0 aromatic carbocycles. The minimum Gasteiger partial charge on any atom is -0.412 e. The quantitative estimate of drug-likeness (QED) is 0.135. The fraction of sp³-hybridized carbons (Fsp3) is 1.00. The molecule has 3 fully saturated rings. The molecular weight excluding hydrogens is 552 g/mol. The van der Waals surface area contributed by atoms with Gasteiger partial charge in [-0.1, -0.05) is 0 Å². The highest BCUT2D eigenvalue weighted by Gasteiger charge is 2.47. The molecule has 14 atom stereocenters. The monoisotopic (exact) mass is 596 g/mol. The summed E-state index contributed by atoms with van der Waals surface area (Å²) in [6.07, 6.45) is -19.0. The highest BCUT2D eigenvalue weighted by molar-refractivity contribution is 4.91. The first kappa shape index (κ1) is 45.2. The van der Waals surface area contributed by atoms with Crippen LogP contribution in [0.3, 0.4) is 0 Å². The van der Waals surface area contributed by atoms with E-state index in [4.69, 9.17) is 44.5 Å². The minimum atomic E-state index is -1.74. The van der Waals surface area contributed by atoms with Gasteiger partial charge in [-0.05, 0) is 0 Å². The third-order valence-electron chi connectivity index (χ3n) is 5.78. The average Bonchev–Trinajstić information content (AvgIpc) is 3.12. The molecule has 4 unspecified atom stereocenters. The van der Waals surface area contributed by atoms with Gasteiger partial charge in [0.2, 0.25) is 0 Å². The summed E-state index contributed by atoms with van der Waals surface area (Å²) in [4.78, 5) is 0. The first-order valence-corrected chi connectivity index (χ1v) is 10.5. The summed E-state index contributed by atoms with van der Waals surface area (Å²) in [7, 11) is 0. The summed E-state index contributed by atoms with van der Waals surface area (Å²) < 4.78 is 20.0. The summed E-state index contributed by atoms with van der Waals surface area (Å²) in [6.45, 7) is -1.80. The van der Waals surface area contributed by atoms with Crippen molar-refractivity contribution in [3.05, 3.63) is 0 Å². The van der Waals surface area contributed by atoms with E-state index in [0.29, 0.717) is 0 Å². The Balaban J connectivity index is -0.000000331. The van der Waals surface area contributed by atoms with Crippen LogP contribution in [0, 0.1) is 0 Å². The lowest BCUT2D eigenvalue weighted by atomic mass is 9.98. The lowest BCUT2D eigenvalue weighted by Gasteiger charge is -2.41. The molecule has 21 nitrogen and oxygen atoms in total. The molecule has 0 aromatic heterocycles. The zero-order valence-corrected chi connectivity index (χ0v) is 20.4. The Morgan fingerprint density at radius 3 is 1.18 bits per heavy atom. The second kappa shape index (κ2) is 20.1. The first-order chi connectivity index (χ1) is 16.0. The van der Waals surface area contributed by atoms with Crippen LogP contribution >= 0.6 is 0 Å². The normalized spacial score (nSPS) is 43.1. The van der Waals surface area contributed by atoms with Crippen molar-refractivity contribution in [2.45, 2.75) is 85.8 Å². The van der Waals surface area contributed by atoms with Gasteiger partial charge in [0.05, 0.1) is 26.4 Å². The van der Waals surface area contributed by atoms with Gasteiger partial charge in [-0.3, -0.25) is 0 Å². The molecule has 0 saturated carbocycles. The summed E-state index contributed by atoms with van der Waals surface area (Å²) >= 11 is 0. The number of hydrogen-bond acceptors (Lipinski definition) is 16. The van der Waals surface area contributed by atoms with Crippen LogP contribution in [0.25, 0.3) is 0 Å². The number of aliphatic hydroxyl groups excluding tert-OH is 12. The predicted octanol–water partition coefficient (Wildman–Crippen LogP) is -12.1. The molecule has 0 bridgehead atoms. The van der Waals surface area contributed by atoms with E-state index in [9.17, 15) is 35.7 Å². The lowest BCUT2D eigenvalue weighted by Crippen LogP contribution is -2.61. The molecule has 0 spiro atoms. The minimum absolute atomic E-state index is 0. The van der Waals surface area contributed by atoms with E-state index in [1.807, 2.05) is 0 Å². The number of ether oxygens (including phenoxy) is 4. The Hall–Kier alpha value is -0.840. The van der Waals surface area contributed by atoms with Gasteiger partial charge in [-0.15, -0.1) is 0 Å². The van der Waals surface area contributed by atoms with Gasteiger partial charge in [0, 0.05) is 0 Å². The maximum absolute atomic E-state index is 9.78. The second-order valence-electron chi connectivity index (χ2n) is 8.13. The smallest absolute Gasteiger partial charge is 0.186 e. The standard InChI is InChI=1S/C12H22O11.C6H12O5.5H2O/c13-1-3-5(14)8(17)10(19)12(23-3)21-2-4-6(15)7(16)9(18)11(20)22-4;7-1-3-5(9)6(10)4(2-8)11-3;;;;;/h3-20H,1-2H2;3-10H,1-2H2;5*1H2/t3?,4-,5+,6?,7+,8+,9-,10-,11+,12?;3-,4?,5-,6-;;;;;/m11...../s1. The van der Waals surface area contributed by atoms with Crippen molar-refractivity contribution in [3.8, 4) is 0 Å². The highest BCUT2D eigenvalue weighted by Crippen LogP contribution is 2.25. The number of hydrogen-bond donors (Lipinski definition) is 12. The third-order valence-corrected chi connectivity index (χ3v) is 5.78. The van der Waals surface area contributed by atoms with Crippen LogP contribution in [0.4, 0.5) is 0 Å². The van der Waals surface area contributed by atoms with E-state index in [1.165, 1.54) is 0 Å². The molecule has 3 aliphatic rings. The van der Waals surface area contributed by atoms with Crippen LogP contribution in [0.2, 0.25) is 0 Å². The van der Waals surface area contributed by atoms with Gasteiger partial charge in [0.15, 0.2) is 12.6 Å². The van der Waals surface area contributed by atoms with Gasteiger partial charge in [-0.25, -0.2) is 0 Å². The Bertz CT molecular complexity index is 583. The summed E-state index contributed by atoms with van der Waals surface area (Å²) in [5, 5.41) is 112. The molecule has 21 heteroatoms. The van der Waals surface area contributed by atoms with Crippen LogP contribution in [0.15, 0.2) is 0 Å². The molecule has 0 amide bonds. The molecule has 3 saturated heterocycles. The summed E-state index contributed by atoms with van der Waals surface area (Å²) in [5.74, 6) is 0. The van der Waals surface area contributed by atoms with Gasteiger partial charge in [-0.2, -0.15) is 0 Å². The molecule has 3 rings (SSSR count). The van der Waals surface area contributed by atoms with Crippen LogP contribution in [-0.2, 0) is 18.9 Å². The zero-order valence-electron chi connectivity index (χ0n) is 20.4. The highest BCUT2D eigenvalue weighted by atomic mass is 16.7. The van der Waals surface area contributed by atoms with Crippen molar-refractivity contribution < 1.29 is 108 Å². The van der Waals surface area contributed by atoms with Gasteiger partial charge in [0.1, 0.15) is 73.2 Å². The Morgan fingerprint density at radius 1 is 0.410 bits per heavy atom. The summed E-state index contributed by atoms with van der Waals surface area (Å²) in [5.41, 5.74) is 0. The number of rotatable bonds is 6. The van der Waals surface area contributed by atoms with E-state index < -0.39 is 99.0 Å². The van der Waals surface area contributed by atoms with Crippen molar-refractivity contribution >= 4 is 0 Å². The van der Waals surface area contributed by atoms with Gasteiger partial charge in [0.25, 0.3) is 0 Å². The fourth-order valence-electron chi connectivity index (χ4n) is 3.59. The van der Waals surface area contributed by atoms with Crippen molar-refractivity contribution in [2.75, 3.05) is 26.4 Å². The van der Waals surface area contributed by atoms with Crippen molar-refractivity contribution in [2.24, 2.45) is 0 Å². The second-order valence-corrected chi connectivity index (χ2v) is 8.13. The first-order valence-electron chi connectivity index (χ1n) is 10.5. The molecule has 242 valence electrons. The van der Waals surface area contributed by atoms with E-state index >= 15 is 0 Å². The zero-order chi connectivity index (χ0) is 25.7. The Kier molecular flexibility index (Phi) is 23.3. The molecule has 3 heterocycles. The predicted molar refractivity (Wildman–Crippen MR) is 122 cm³/mol. The maximum Gasteiger partial charge on any atom is 0.186 e. The fourth-order valence-corrected chi connectivity index (χ4v) is 3.59. The van der Waals surface area contributed by atoms with Crippen molar-refractivity contribution in [1.29, 1.82) is 0 Å². The molecular formula is C18H44O21. The van der Waals surface area contributed by atoms with E-state index in [0.717, 1.165) is 0 Å². The average molecular weight is 597 g/mol. The van der Waals surface area contributed by atoms with Gasteiger partial charge < -0.3 is 108 Å². The molecule has 0 radical (unpaired) electrons. The molecule has 3 aliphatic heterocycles. The molecule has 22 N–H and O–H groups in total. The summed E-state index contributed by atoms with van der Waals surface area (Å²) in [6, 6.07) is 0. The topological polar surface area (TPSA) is 437 Å². The largest absolute Gasteiger partial charge is 0.412 e. The SMILES string of the molecule is O.O.O.O.O.OCC1OC(OC[C@H]2O[C@H](O)[C@H](O)[C@@H](O)C2O)[C@H](O)[C@@H](O)[C@H]1O.OCC1O[C@H](CO)[C@@H](O)[C@@H]1O. The van der Waals surface area contributed by atoms with Gasteiger partial charge >= 0.3 is 0 Å². The van der Waals surface area contributed by atoms with Crippen LogP contribution in [0.5, 0.6) is 0 Å². The molecule has 0 aromatic rings. The van der Waals surface area contributed by atoms with E-state index in [2.05, 4.69) is 0 Å². The van der Waals surface area contributed by atoms with E-state index in [-0.39, 0.29) is 40.6 Å². The van der Waals surface area contributed by atoms with E-state index in [1.54, 1.807) is 0 Å². The van der Waals surface area contributed by atoms with Crippen molar-refractivity contribution in [3.63, 3.8) is 0 Å². The lowest BCUT2D eigenvalue weighted by molar-refractivity contribution is -0.325. The molecule has 39 heavy (non-hydrogen) atoms. The number of aliphatic hydroxyl groups is 12. The van der Waals surface area contributed by atoms with Crippen LogP contribution < -0.4 is 0 Å². The Labute approximate surface area is 220 Å². The molecule has 0 aliphatic carbocycles. The third kappa shape index (κ3) is 10.5. The maximum atomic E-state index is 9.78. The van der Waals surface area contributed by atoms with Crippen LogP contribution in [-0.4, -0.2) is 201 Å². The van der Waals surface area contributed by atoms with Crippen LogP contribution in [0.1, 0.15) is 0 Å². The van der Waals surface area contributed by atoms with Crippen molar-refractivity contribution in [1.82, 2.24) is 0 Å². The Morgan fingerprint density at radius 2 is 0.769 bits per heavy atom.